The Kier molecular flexibility index (Phi) is 2.95. The van der Waals surface area contributed by atoms with E-state index in [0.29, 0.717) is 11.4 Å². The minimum absolute atomic E-state index is 0.142. The summed E-state index contributed by atoms with van der Waals surface area (Å²) < 4.78 is 0. The zero-order chi connectivity index (χ0) is 9.14. The third kappa shape index (κ3) is 2.40. The van der Waals surface area contributed by atoms with E-state index in [9.17, 15) is 5.11 Å². The van der Waals surface area contributed by atoms with Gasteiger partial charge in [0.2, 0.25) is 0 Å². The fourth-order valence-corrected chi connectivity index (χ4v) is 1.19. The predicted molar refractivity (Wildman–Crippen MR) is 48.5 cm³/mol. The molecule has 3 heteroatoms. The molecule has 0 aliphatic carbocycles. The van der Waals surface area contributed by atoms with Crippen molar-refractivity contribution in [2.24, 2.45) is 0 Å². The first-order valence-electron chi connectivity index (χ1n) is 3.75. The molecule has 1 rings (SSSR count). The maximum absolute atomic E-state index is 9.34. The maximum Gasteiger partial charge on any atom is 0.120 e. The van der Waals surface area contributed by atoms with Gasteiger partial charge >= 0.3 is 0 Å². The highest BCUT2D eigenvalue weighted by Gasteiger charge is 2.04. The summed E-state index contributed by atoms with van der Waals surface area (Å²) >= 11 is 5.63. The van der Waals surface area contributed by atoms with Crippen LogP contribution in [0, 0.1) is 0 Å². The summed E-state index contributed by atoms with van der Waals surface area (Å²) in [5.74, 6) is 0.142. The molecule has 0 saturated carbocycles. The molecule has 0 fully saturated rings. The van der Waals surface area contributed by atoms with Gasteiger partial charge in [-0.2, -0.15) is 0 Å². The van der Waals surface area contributed by atoms with Crippen molar-refractivity contribution in [3.63, 3.8) is 0 Å². The van der Waals surface area contributed by atoms with E-state index in [2.05, 4.69) is 0 Å². The SMILES string of the molecule is C[C@H](O)Cc1ccc(Cl)cc1O. The summed E-state index contributed by atoms with van der Waals surface area (Å²) in [7, 11) is 0. The molecular formula is C9H11ClO2. The lowest BCUT2D eigenvalue weighted by molar-refractivity contribution is 0.194. The summed E-state index contributed by atoms with van der Waals surface area (Å²) in [5.41, 5.74) is 0.717. The van der Waals surface area contributed by atoms with Gasteiger partial charge in [0, 0.05) is 11.4 Å². The van der Waals surface area contributed by atoms with Crippen LogP contribution in [0.3, 0.4) is 0 Å². The fourth-order valence-electron chi connectivity index (χ4n) is 1.03. The quantitative estimate of drug-likeness (QED) is 0.742. The smallest absolute Gasteiger partial charge is 0.120 e. The summed E-state index contributed by atoms with van der Waals surface area (Å²) in [6, 6.07) is 4.88. The van der Waals surface area contributed by atoms with Crippen LogP contribution < -0.4 is 0 Å². The second-order valence-electron chi connectivity index (χ2n) is 2.83. The Balaban J connectivity index is 2.86. The normalized spacial score (nSPS) is 12.9. The molecule has 0 aliphatic heterocycles. The number of rotatable bonds is 2. The van der Waals surface area contributed by atoms with E-state index in [4.69, 9.17) is 16.7 Å². The van der Waals surface area contributed by atoms with Gasteiger partial charge in [0.15, 0.2) is 0 Å². The van der Waals surface area contributed by atoms with E-state index in [-0.39, 0.29) is 5.75 Å². The molecule has 0 radical (unpaired) electrons. The van der Waals surface area contributed by atoms with E-state index in [1.54, 1.807) is 19.1 Å². The molecule has 66 valence electrons. The zero-order valence-corrected chi connectivity index (χ0v) is 7.54. The molecule has 1 atom stereocenters. The summed E-state index contributed by atoms with van der Waals surface area (Å²) in [6.07, 6.45) is 0.000271. The molecular weight excluding hydrogens is 176 g/mol. The molecule has 1 aromatic rings. The van der Waals surface area contributed by atoms with Crippen molar-refractivity contribution in [1.29, 1.82) is 0 Å². The number of phenols is 1. The average Bonchev–Trinajstić information content (AvgIpc) is 1.94. The van der Waals surface area contributed by atoms with Gasteiger partial charge in [0.25, 0.3) is 0 Å². The van der Waals surface area contributed by atoms with Crippen molar-refractivity contribution in [2.45, 2.75) is 19.4 Å². The summed E-state index contributed by atoms with van der Waals surface area (Å²) in [4.78, 5) is 0. The number of benzene rings is 1. The van der Waals surface area contributed by atoms with E-state index in [1.807, 2.05) is 0 Å². The monoisotopic (exact) mass is 186 g/mol. The van der Waals surface area contributed by atoms with E-state index >= 15 is 0 Å². The number of aromatic hydroxyl groups is 1. The molecule has 0 amide bonds. The fraction of sp³-hybridized carbons (Fsp3) is 0.333. The number of phenolic OH excluding ortho intramolecular Hbond substituents is 1. The van der Waals surface area contributed by atoms with Crippen LogP contribution in [0.15, 0.2) is 18.2 Å². The number of halogens is 1. The van der Waals surface area contributed by atoms with Crippen LogP contribution in [0.2, 0.25) is 5.02 Å². The van der Waals surface area contributed by atoms with Crippen molar-refractivity contribution >= 4 is 11.6 Å². The molecule has 2 N–H and O–H groups in total. The highest BCUT2D eigenvalue weighted by Crippen LogP contribution is 2.22. The topological polar surface area (TPSA) is 40.5 Å². The lowest BCUT2D eigenvalue weighted by Crippen LogP contribution is -2.03. The van der Waals surface area contributed by atoms with Gasteiger partial charge < -0.3 is 10.2 Å². The number of aliphatic hydroxyl groups is 1. The van der Waals surface area contributed by atoms with Crippen molar-refractivity contribution in [2.75, 3.05) is 0 Å². The largest absolute Gasteiger partial charge is 0.508 e. The standard InChI is InChI=1S/C9H11ClO2/c1-6(11)4-7-2-3-8(10)5-9(7)12/h2-3,5-6,11-12H,4H2,1H3/t6-/m0/s1. The molecule has 0 aliphatic rings. The third-order valence-corrected chi connectivity index (χ3v) is 1.80. The summed E-state index contributed by atoms with van der Waals surface area (Å²) in [5, 5.41) is 18.9. The number of aliphatic hydroxyl groups excluding tert-OH is 1. The van der Waals surface area contributed by atoms with E-state index in [0.717, 1.165) is 5.56 Å². The van der Waals surface area contributed by atoms with Gasteiger partial charge in [0.05, 0.1) is 6.10 Å². The molecule has 0 unspecified atom stereocenters. The van der Waals surface area contributed by atoms with Crippen molar-refractivity contribution < 1.29 is 10.2 Å². The van der Waals surface area contributed by atoms with Gasteiger partial charge in [-0.05, 0) is 24.6 Å². The zero-order valence-electron chi connectivity index (χ0n) is 6.79. The first-order valence-corrected chi connectivity index (χ1v) is 4.13. The van der Waals surface area contributed by atoms with Crippen LogP contribution in [0.5, 0.6) is 5.75 Å². The first-order chi connectivity index (χ1) is 5.59. The minimum Gasteiger partial charge on any atom is -0.508 e. The van der Waals surface area contributed by atoms with Crippen molar-refractivity contribution in [3.8, 4) is 5.75 Å². The molecule has 1 aromatic carbocycles. The van der Waals surface area contributed by atoms with E-state index < -0.39 is 6.10 Å². The van der Waals surface area contributed by atoms with Crippen LogP contribution >= 0.6 is 11.6 Å². The Hall–Kier alpha value is -0.730. The van der Waals surface area contributed by atoms with Crippen LogP contribution in [0.25, 0.3) is 0 Å². The van der Waals surface area contributed by atoms with Gasteiger partial charge in [0.1, 0.15) is 5.75 Å². The number of hydrogen-bond acceptors (Lipinski definition) is 2. The van der Waals surface area contributed by atoms with Gasteiger partial charge in [-0.3, -0.25) is 0 Å². The third-order valence-electron chi connectivity index (χ3n) is 1.56. The lowest BCUT2D eigenvalue weighted by Gasteiger charge is -2.06. The highest BCUT2D eigenvalue weighted by atomic mass is 35.5. The molecule has 0 bridgehead atoms. The number of hydrogen-bond donors (Lipinski definition) is 2. The van der Waals surface area contributed by atoms with Crippen LogP contribution in [0.1, 0.15) is 12.5 Å². The Morgan fingerprint density at radius 1 is 1.50 bits per heavy atom. The molecule has 0 aromatic heterocycles. The Bertz CT molecular complexity index is 271. The van der Waals surface area contributed by atoms with Crippen molar-refractivity contribution in [1.82, 2.24) is 0 Å². The van der Waals surface area contributed by atoms with Crippen LogP contribution in [-0.4, -0.2) is 16.3 Å². The van der Waals surface area contributed by atoms with Crippen molar-refractivity contribution in [3.05, 3.63) is 28.8 Å². The van der Waals surface area contributed by atoms with E-state index in [1.165, 1.54) is 6.07 Å². The molecule has 0 saturated heterocycles. The maximum atomic E-state index is 9.34. The molecule has 0 heterocycles. The van der Waals surface area contributed by atoms with Crippen LogP contribution in [0.4, 0.5) is 0 Å². The first kappa shape index (κ1) is 9.36. The molecule has 0 spiro atoms. The summed E-state index contributed by atoms with van der Waals surface area (Å²) in [6.45, 7) is 1.67. The minimum atomic E-state index is -0.447. The van der Waals surface area contributed by atoms with Gasteiger partial charge in [-0.1, -0.05) is 17.7 Å². The molecule has 12 heavy (non-hydrogen) atoms. The Labute approximate surface area is 76.4 Å². The Morgan fingerprint density at radius 2 is 2.17 bits per heavy atom. The second kappa shape index (κ2) is 3.78. The van der Waals surface area contributed by atoms with Gasteiger partial charge in [-0.15, -0.1) is 0 Å². The van der Waals surface area contributed by atoms with Crippen LogP contribution in [-0.2, 0) is 6.42 Å². The second-order valence-corrected chi connectivity index (χ2v) is 3.26. The average molecular weight is 187 g/mol. The highest BCUT2D eigenvalue weighted by molar-refractivity contribution is 6.30. The van der Waals surface area contributed by atoms with Gasteiger partial charge in [-0.25, -0.2) is 0 Å². The molecule has 2 nitrogen and oxygen atoms in total. The Morgan fingerprint density at radius 3 is 2.67 bits per heavy atom. The lowest BCUT2D eigenvalue weighted by atomic mass is 10.1. The predicted octanol–water partition coefficient (Wildman–Crippen LogP) is 1.97.